The van der Waals surface area contributed by atoms with Gasteiger partial charge in [-0.3, -0.25) is 0 Å². The van der Waals surface area contributed by atoms with Gasteiger partial charge in [-0.25, -0.2) is 0 Å². The zero-order valence-electron chi connectivity index (χ0n) is 10.1. The molecule has 0 aliphatic carbocycles. The van der Waals surface area contributed by atoms with E-state index in [1.54, 1.807) is 0 Å². The van der Waals surface area contributed by atoms with E-state index < -0.39 is 0 Å². The van der Waals surface area contributed by atoms with Crippen LogP contribution in [-0.2, 0) is 4.74 Å². The summed E-state index contributed by atoms with van der Waals surface area (Å²) >= 11 is 0. The number of ether oxygens (including phenoxy) is 1. The molecule has 15 heavy (non-hydrogen) atoms. The molecule has 1 aliphatic rings. The van der Waals surface area contributed by atoms with E-state index in [1.807, 2.05) is 0 Å². The largest absolute Gasteiger partial charge is 0.380 e. The van der Waals surface area contributed by atoms with Gasteiger partial charge in [-0.2, -0.15) is 0 Å². The number of piperidine rings is 1. The Balaban J connectivity index is 1.79. The van der Waals surface area contributed by atoms with Crippen molar-refractivity contribution < 1.29 is 4.74 Å². The van der Waals surface area contributed by atoms with Gasteiger partial charge in [0.1, 0.15) is 0 Å². The Morgan fingerprint density at radius 2 is 1.93 bits per heavy atom. The highest BCUT2D eigenvalue weighted by Crippen LogP contribution is 2.07. The van der Waals surface area contributed by atoms with Crippen LogP contribution in [0.2, 0.25) is 0 Å². The number of hydrogen-bond acceptors (Lipinski definition) is 3. The lowest BCUT2D eigenvalue weighted by atomic mass is 10.1. The third-order valence-corrected chi connectivity index (χ3v) is 2.89. The van der Waals surface area contributed by atoms with Crippen LogP contribution >= 0.6 is 0 Å². The number of nitrogens with zero attached hydrogens (tertiary/aromatic N) is 1. The Labute approximate surface area is 94.2 Å². The van der Waals surface area contributed by atoms with Gasteiger partial charge in [0.2, 0.25) is 0 Å². The summed E-state index contributed by atoms with van der Waals surface area (Å²) in [6.07, 6.45) is 5.30. The Hall–Kier alpha value is -0.120. The lowest BCUT2D eigenvalue weighted by molar-refractivity contribution is 0.0950. The van der Waals surface area contributed by atoms with Gasteiger partial charge in [0.15, 0.2) is 0 Å². The zero-order valence-corrected chi connectivity index (χ0v) is 10.1. The summed E-state index contributed by atoms with van der Waals surface area (Å²) < 4.78 is 5.60. The fraction of sp³-hybridized carbons (Fsp3) is 1.00. The quantitative estimate of drug-likeness (QED) is 0.620. The summed E-state index contributed by atoms with van der Waals surface area (Å²) in [5.74, 6) is 0. The summed E-state index contributed by atoms with van der Waals surface area (Å²) in [4.78, 5) is 2.52. The van der Waals surface area contributed by atoms with Crippen LogP contribution in [0.1, 0.15) is 32.6 Å². The molecule has 1 N–H and O–H groups in total. The van der Waals surface area contributed by atoms with Gasteiger partial charge in [-0.15, -0.1) is 0 Å². The lowest BCUT2D eigenvalue weighted by Gasteiger charge is -2.26. The molecule has 0 radical (unpaired) electrons. The first-order valence-electron chi connectivity index (χ1n) is 6.44. The normalized spacial score (nSPS) is 18.2. The monoisotopic (exact) mass is 214 g/mol. The molecule has 0 aromatic rings. The second kappa shape index (κ2) is 9.13. The Kier molecular flexibility index (Phi) is 7.88. The number of rotatable bonds is 8. The molecule has 0 bridgehead atoms. The van der Waals surface area contributed by atoms with Gasteiger partial charge < -0.3 is 15.0 Å². The van der Waals surface area contributed by atoms with Gasteiger partial charge in [0, 0.05) is 13.2 Å². The summed E-state index contributed by atoms with van der Waals surface area (Å²) in [6.45, 7) is 9.78. The van der Waals surface area contributed by atoms with E-state index in [-0.39, 0.29) is 0 Å². The van der Waals surface area contributed by atoms with Gasteiger partial charge in [-0.05, 0) is 45.4 Å². The van der Waals surface area contributed by atoms with Crippen molar-refractivity contribution in [2.24, 2.45) is 0 Å². The van der Waals surface area contributed by atoms with Gasteiger partial charge >= 0.3 is 0 Å². The molecule has 0 unspecified atom stereocenters. The van der Waals surface area contributed by atoms with Crippen molar-refractivity contribution >= 4 is 0 Å². The van der Waals surface area contributed by atoms with E-state index >= 15 is 0 Å². The van der Waals surface area contributed by atoms with Crippen molar-refractivity contribution in [3.05, 3.63) is 0 Å². The van der Waals surface area contributed by atoms with Crippen LogP contribution in [0.4, 0.5) is 0 Å². The van der Waals surface area contributed by atoms with Crippen LogP contribution in [-0.4, -0.2) is 50.8 Å². The summed E-state index contributed by atoms with van der Waals surface area (Å²) in [5, 5.41) is 3.30. The van der Waals surface area contributed by atoms with Crippen molar-refractivity contribution in [2.45, 2.75) is 32.6 Å². The molecular weight excluding hydrogens is 188 g/mol. The lowest BCUT2D eigenvalue weighted by Crippen LogP contribution is -2.32. The molecule has 0 saturated carbocycles. The summed E-state index contributed by atoms with van der Waals surface area (Å²) in [5.41, 5.74) is 0. The molecule has 1 saturated heterocycles. The smallest absolute Gasteiger partial charge is 0.0593 e. The van der Waals surface area contributed by atoms with Gasteiger partial charge in [0.25, 0.3) is 0 Å². The fourth-order valence-corrected chi connectivity index (χ4v) is 1.95. The minimum atomic E-state index is 0.904. The minimum Gasteiger partial charge on any atom is -0.380 e. The van der Waals surface area contributed by atoms with E-state index in [9.17, 15) is 0 Å². The predicted molar refractivity (Wildman–Crippen MR) is 64.3 cm³/mol. The second-order valence-electron chi connectivity index (χ2n) is 4.22. The van der Waals surface area contributed by atoms with E-state index in [4.69, 9.17) is 4.74 Å². The molecule has 90 valence electrons. The van der Waals surface area contributed by atoms with E-state index in [1.165, 1.54) is 32.4 Å². The molecule has 3 nitrogen and oxygen atoms in total. The van der Waals surface area contributed by atoms with Crippen LogP contribution in [0.15, 0.2) is 0 Å². The molecule has 0 aromatic carbocycles. The minimum absolute atomic E-state index is 0.904. The van der Waals surface area contributed by atoms with Gasteiger partial charge in [-0.1, -0.05) is 13.3 Å². The third-order valence-electron chi connectivity index (χ3n) is 2.89. The van der Waals surface area contributed by atoms with Crippen molar-refractivity contribution in [1.82, 2.24) is 10.2 Å². The first-order valence-corrected chi connectivity index (χ1v) is 6.44. The average Bonchev–Trinajstić information content (AvgIpc) is 2.29. The molecule has 3 heteroatoms. The summed E-state index contributed by atoms with van der Waals surface area (Å²) in [7, 11) is 0. The molecule has 1 rings (SSSR count). The highest BCUT2D eigenvalue weighted by Gasteiger charge is 2.08. The van der Waals surface area contributed by atoms with Crippen LogP contribution in [0.5, 0.6) is 0 Å². The van der Waals surface area contributed by atoms with Crippen molar-refractivity contribution in [1.29, 1.82) is 0 Å². The molecule has 1 fully saturated rings. The van der Waals surface area contributed by atoms with Crippen LogP contribution < -0.4 is 5.32 Å². The number of nitrogens with one attached hydrogen (secondary N) is 1. The van der Waals surface area contributed by atoms with E-state index in [2.05, 4.69) is 17.1 Å². The zero-order chi connectivity index (χ0) is 10.8. The second-order valence-corrected chi connectivity index (χ2v) is 4.22. The number of hydrogen-bond donors (Lipinski definition) is 1. The molecule has 0 amide bonds. The first-order chi connectivity index (χ1) is 7.43. The highest BCUT2D eigenvalue weighted by atomic mass is 16.5. The Morgan fingerprint density at radius 1 is 1.13 bits per heavy atom. The summed E-state index contributed by atoms with van der Waals surface area (Å²) in [6, 6.07) is 0. The van der Waals surface area contributed by atoms with E-state index in [0.717, 1.165) is 39.3 Å². The Morgan fingerprint density at radius 3 is 2.67 bits per heavy atom. The molecule has 1 heterocycles. The number of likely N-dealkylation sites (tertiary alicyclic amines) is 1. The molecular formula is C12H26N2O. The van der Waals surface area contributed by atoms with Gasteiger partial charge in [0.05, 0.1) is 6.61 Å². The average molecular weight is 214 g/mol. The standard InChI is InChI=1S/C12H26N2O/c1-2-13-7-6-11-15-12-10-14-8-4-3-5-9-14/h13H,2-12H2,1H3. The first kappa shape index (κ1) is 12.9. The molecule has 0 aromatic heterocycles. The molecule has 0 atom stereocenters. The fourth-order valence-electron chi connectivity index (χ4n) is 1.95. The predicted octanol–water partition coefficient (Wildman–Crippen LogP) is 1.49. The van der Waals surface area contributed by atoms with Crippen molar-refractivity contribution in [3.63, 3.8) is 0 Å². The topological polar surface area (TPSA) is 24.5 Å². The highest BCUT2D eigenvalue weighted by molar-refractivity contribution is 4.63. The Bertz CT molecular complexity index is 136. The SMILES string of the molecule is CCNCCCOCCN1CCCCC1. The maximum atomic E-state index is 5.60. The van der Waals surface area contributed by atoms with Crippen molar-refractivity contribution in [2.75, 3.05) is 45.9 Å². The molecule has 1 aliphatic heterocycles. The van der Waals surface area contributed by atoms with Crippen LogP contribution in [0, 0.1) is 0 Å². The van der Waals surface area contributed by atoms with Crippen LogP contribution in [0.3, 0.4) is 0 Å². The van der Waals surface area contributed by atoms with Crippen molar-refractivity contribution in [3.8, 4) is 0 Å². The van der Waals surface area contributed by atoms with E-state index in [0.29, 0.717) is 0 Å². The maximum Gasteiger partial charge on any atom is 0.0593 e. The molecule has 0 spiro atoms. The third kappa shape index (κ3) is 6.88. The maximum absolute atomic E-state index is 5.60. The van der Waals surface area contributed by atoms with Crippen LogP contribution in [0.25, 0.3) is 0 Å².